The summed E-state index contributed by atoms with van der Waals surface area (Å²) in [6.07, 6.45) is 0. The van der Waals surface area contributed by atoms with Crippen LogP contribution in [-0.4, -0.2) is 49.0 Å². The predicted octanol–water partition coefficient (Wildman–Crippen LogP) is 2.37. The molecule has 1 aromatic carbocycles. The number of anilines is 1. The number of rotatable bonds is 3. The highest BCUT2D eigenvalue weighted by atomic mass is 19.1. The highest BCUT2D eigenvalue weighted by molar-refractivity contribution is 5.88. The topological polar surface area (TPSA) is 56.7 Å². The van der Waals surface area contributed by atoms with Crippen LogP contribution in [0.2, 0.25) is 0 Å². The number of hydrogen-bond donors (Lipinski definition) is 0. The second kappa shape index (κ2) is 5.90. The Kier molecular flexibility index (Phi) is 3.72. The molecule has 0 radical (unpaired) electrons. The number of halogens is 1. The molecule has 24 heavy (non-hydrogen) atoms. The number of benzene rings is 1. The normalized spacial score (nSPS) is 19.4. The molecule has 0 saturated carbocycles. The van der Waals surface area contributed by atoms with Gasteiger partial charge in [0.05, 0.1) is 31.4 Å². The minimum Gasteiger partial charge on any atom is -0.494 e. The molecule has 0 aliphatic carbocycles. The van der Waals surface area contributed by atoms with Crippen molar-refractivity contribution in [2.45, 2.75) is 13.0 Å². The third-order valence-electron chi connectivity index (χ3n) is 4.22. The van der Waals surface area contributed by atoms with E-state index in [0.717, 1.165) is 6.54 Å². The van der Waals surface area contributed by atoms with E-state index in [1.54, 1.807) is 0 Å². The van der Waals surface area contributed by atoms with Crippen LogP contribution in [0, 0.1) is 5.82 Å². The lowest BCUT2D eigenvalue weighted by Crippen LogP contribution is -2.51. The van der Waals surface area contributed by atoms with Crippen LogP contribution in [0.3, 0.4) is 0 Å². The van der Waals surface area contributed by atoms with Gasteiger partial charge in [-0.3, -0.25) is 0 Å². The van der Waals surface area contributed by atoms with E-state index in [2.05, 4.69) is 16.5 Å². The molecule has 6 nitrogen and oxygen atoms in total. The molecule has 0 spiro atoms. The molecule has 0 bridgehead atoms. The summed E-state index contributed by atoms with van der Waals surface area (Å²) < 4.78 is 30.6. The summed E-state index contributed by atoms with van der Waals surface area (Å²) in [6.45, 7) is 8.63. The van der Waals surface area contributed by atoms with Crippen molar-refractivity contribution in [2.75, 3.05) is 37.9 Å². The van der Waals surface area contributed by atoms with Gasteiger partial charge in [-0.1, -0.05) is 6.58 Å². The smallest absolute Gasteiger partial charge is 0.258 e. The first-order chi connectivity index (χ1) is 11.7. The first-order valence-corrected chi connectivity index (χ1v) is 7.98. The zero-order valence-corrected chi connectivity index (χ0v) is 13.4. The number of morpholine rings is 1. The van der Waals surface area contributed by atoms with Crippen LogP contribution in [-0.2, 0) is 9.47 Å². The van der Waals surface area contributed by atoms with Gasteiger partial charge >= 0.3 is 0 Å². The Balaban J connectivity index is 1.88. The average molecular weight is 331 g/mol. The molecule has 0 N–H and O–H groups in total. The van der Waals surface area contributed by atoms with Crippen molar-refractivity contribution in [1.82, 2.24) is 9.97 Å². The molecule has 0 unspecified atom stereocenters. The fourth-order valence-corrected chi connectivity index (χ4v) is 3.10. The monoisotopic (exact) mass is 331 g/mol. The highest BCUT2D eigenvalue weighted by Crippen LogP contribution is 2.35. The van der Waals surface area contributed by atoms with Crippen LogP contribution < -0.4 is 9.64 Å². The van der Waals surface area contributed by atoms with E-state index in [9.17, 15) is 4.39 Å². The van der Waals surface area contributed by atoms with Crippen molar-refractivity contribution >= 4 is 22.6 Å². The maximum absolute atomic E-state index is 14.0. The molecule has 1 atom stereocenters. The Hall–Kier alpha value is -2.41. The van der Waals surface area contributed by atoms with Crippen molar-refractivity contribution in [1.29, 1.82) is 0 Å². The number of aromatic nitrogens is 2. The summed E-state index contributed by atoms with van der Waals surface area (Å²) in [5.41, 5.74) is 1.50. The maximum atomic E-state index is 14.0. The first-order valence-electron chi connectivity index (χ1n) is 7.98. The van der Waals surface area contributed by atoms with Crippen molar-refractivity contribution in [3.63, 3.8) is 0 Å². The van der Waals surface area contributed by atoms with Gasteiger partial charge in [-0.05, 0) is 13.0 Å². The summed E-state index contributed by atoms with van der Waals surface area (Å²) in [5, 5.41) is 0. The molecule has 4 rings (SSSR count). The molecule has 3 heterocycles. The van der Waals surface area contributed by atoms with Crippen LogP contribution >= 0.6 is 0 Å². The molecule has 1 fully saturated rings. The standard InChI is InChI=1S/C17H18FN3O3/c1-3-23-10(2)13-6-11(18)7-14-15(13)20-16-17(19-14)24-9-12-8-22-5-4-21(12)16/h6-7,12H,2-5,8-9H2,1H3/t12-/m0/s1. The molecular formula is C17H18FN3O3. The Labute approximate surface area is 138 Å². The second-order valence-electron chi connectivity index (χ2n) is 5.76. The van der Waals surface area contributed by atoms with Gasteiger partial charge < -0.3 is 19.1 Å². The van der Waals surface area contributed by atoms with Crippen LogP contribution in [0.25, 0.3) is 16.8 Å². The highest BCUT2D eigenvalue weighted by Gasteiger charge is 2.33. The van der Waals surface area contributed by atoms with Gasteiger partial charge in [0.15, 0.2) is 5.82 Å². The SMILES string of the molecule is C=C(OCC)c1cc(F)cc2nc3c(nc12)N1CCOC[C@H]1CO3. The second-order valence-corrected chi connectivity index (χ2v) is 5.76. The van der Waals surface area contributed by atoms with E-state index in [1.807, 2.05) is 6.92 Å². The van der Waals surface area contributed by atoms with E-state index in [4.69, 9.17) is 19.2 Å². The molecule has 1 saturated heterocycles. The molecule has 0 amide bonds. The predicted molar refractivity (Wildman–Crippen MR) is 87.6 cm³/mol. The van der Waals surface area contributed by atoms with Gasteiger partial charge in [0.1, 0.15) is 23.7 Å². The number of fused-ring (bicyclic) bond motifs is 4. The Morgan fingerprint density at radius 1 is 1.42 bits per heavy atom. The Morgan fingerprint density at radius 3 is 3.12 bits per heavy atom. The van der Waals surface area contributed by atoms with E-state index >= 15 is 0 Å². The van der Waals surface area contributed by atoms with Crippen LogP contribution in [0.1, 0.15) is 12.5 Å². The largest absolute Gasteiger partial charge is 0.494 e. The summed E-state index contributed by atoms with van der Waals surface area (Å²) >= 11 is 0. The molecular weight excluding hydrogens is 313 g/mol. The van der Waals surface area contributed by atoms with Crippen LogP contribution in [0.5, 0.6) is 5.88 Å². The van der Waals surface area contributed by atoms with E-state index < -0.39 is 5.82 Å². The molecule has 126 valence electrons. The van der Waals surface area contributed by atoms with Crippen molar-refractivity contribution in [2.24, 2.45) is 0 Å². The van der Waals surface area contributed by atoms with Gasteiger partial charge in [-0.2, -0.15) is 0 Å². The van der Waals surface area contributed by atoms with Gasteiger partial charge in [-0.25, -0.2) is 14.4 Å². The Morgan fingerprint density at radius 2 is 2.29 bits per heavy atom. The first kappa shape index (κ1) is 15.1. The average Bonchev–Trinajstić information content (AvgIpc) is 2.59. The molecule has 2 aromatic rings. The molecule has 2 aliphatic heterocycles. The number of hydrogen-bond acceptors (Lipinski definition) is 6. The van der Waals surface area contributed by atoms with Crippen LogP contribution in [0.15, 0.2) is 18.7 Å². The molecule has 2 aliphatic rings. The van der Waals surface area contributed by atoms with Gasteiger partial charge in [0.25, 0.3) is 5.88 Å². The number of nitrogens with zero attached hydrogens (tertiary/aromatic N) is 3. The quantitative estimate of drug-likeness (QED) is 0.805. The minimum atomic E-state index is -0.410. The number of ether oxygens (including phenoxy) is 3. The summed E-state index contributed by atoms with van der Waals surface area (Å²) in [5.74, 6) is 1.07. The van der Waals surface area contributed by atoms with Gasteiger partial charge in [0.2, 0.25) is 0 Å². The molecule has 1 aromatic heterocycles. The summed E-state index contributed by atoms with van der Waals surface area (Å²) in [7, 11) is 0. The summed E-state index contributed by atoms with van der Waals surface area (Å²) in [4.78, 5) is 11.3. The van der Waals surface area contributed by atoms with Gasteiger partial charge in [-0.15, -0.1) is 0 Å². The lowest BCUT2D eigenvalue weighted by molar-refractivity contribution is 0.0686. The maximum Gasteiger partial charge on any atom is 0.258 e. The van der Waals surface area contributed by atoms with Crippen LogP contribution in [0.4, 0.5) is 10.2 Å². The lowest BCUT2D eigenvalue weighted by atomic mass is 10.1. The zero-order chi connectivity index (χ0) is 16.7. The van der Waals surface area contributed by atoms with E-state index in [0.29, 0.717) is 60.5 Å². The zero-order valence-electron chi connectivity index (χ0n) is 13.4. The van der Waals surface area contributed by atoms with Gasteiger partial charge in [0, 0.05) is 18.2 Å². The van der Waals surface area contributed by atoms with E-state index in [1.165, 1.54) is 12.1 Å². The Bertz CT molecular complexity index is 811. The minimum absolute atomic E-state index is 0.122. The third-order valence-corrected chi connectivity index (χ3v) is 4.22. The van der Waals surface area contributed by atoms with E-state index in [-0.39, 0.29) is 6.04 Å². The van der Waals surface area contributed by atoms with Crippen molar-refractivity contribution in [3.8, 4) is 5.88 Å². The molecule has 7 heteroatoms. The summed E-state index contributed by atoms with van der Waals surface area (Å²) in [6, 6.07) is 2.85. The van der Waals surface area contributed by atoms with Crippen molar-refractivity contribution < 1.29 is 18.6 Å². The fraction of sp³-hybridized carbons (Fsp3) is 0.412. The van der Waals surface area contributed by atoms with Crippen molar-refractivity contribution in [3.05, 3.63) is 30.1 Å². The third kappa shape index (κ3) is 2.45. The lowest BCUT2D eigenvalue weighted by Gasteiger charge is -2.39. The fourth-order valence-electron chi connectivity index (χ4n) is 3.10.